The zero-order valence-corrected chi connectivity index (χ0v) is 13.4. The summed E-state index contributed by atoms with van der Waals surface area (Å²) in [5.41, 5.74) is 2.71. The predicted octanol–water partition coefficient (Wildman–Crippen LogP) is 2.01. The molecular formula is C16H25N5. The van der Waals surface area contributed by atoms with Gasteiger partial charge >= 0.3 is 0 Å². The van der Waals surface area contributed by atoms with Crippen LogP contribution in [0.2, 0.25) is 0 Å². The monoisotopic (exact) mass is 287 g/mol. The molecule has 1 aromatic heterocycles. The minimum atomic E-state index is 0.702. The number of aryl methyl sites for hydroxylation is 1. The van der Waals surface area contributed by atoms with Crippen LogP contribution in [0.3, 0.4) is 0 Å². The maximum absolute atomic E-state index is 9.52. The summed E-state index contributed by atoms with van der Waals surface area (Å²) >= 11 is 0. The number of rotatable bonds is 6. The number of anilines is 1. The Morgan fingerprint density at radius 2 is 1.90 bits per heavy atom. The lowest BCUT2D eigenvalue weighted by molar-refractivity contribution is 0.346. The lowest BCUT2D eigenvalue weighted by Crippen LogP contribution is -2.32. The summed E-state index contributed by atoms with van der Waals surface area (Å²) in [5.74, 6) is 0.728. The number of hydrogen-bond acceptors (Lipinski definition) is 5. The van der Waals surface area contributed by atoms with Crippen LogP contribution in [0, 0.1) is 11.3 Å². The van der Waals surface area contributed by atoms with Gasteiger partial charge in [0.2, 0.25) is 0 Å². The molecule has 5 nitrogen and oxygen atoms in total. The molecule has 114 valence electrons. The molecule has 1 fully saturated rings. The first-order chi connectivity index (χ1) is 10.2. The van der Waals surface area contributed by atoms with Crippen molar-refractivity contribution in [3.8, 4) is 6.07 Å². The van der Waals surface area contributed by atoms with Crippen molar-refractivity contribution in [1.29, 1.82) is 5.26 Å². The Morgan fingerprint density at radius 1 is 1.19 bits per heavy atom. The molecule has 2 rings (SSSR count). The highest BCUT2D eigenvalue weighted by Crippen LogP contribution is 2.22. The van der Waals surface area contributed by atoms with Gasteiger partial charge in [0, 0.05) is 20.1 Å². The third-order valence-electron chi connectivity index (χ3n) is 4.25. The molecule has 1 aromatic rings. The molecule has 0 unspecified atom stereocenters. The molecule has 0 aromatic carbocycles. The van der Waals surface area contributed by atoms with E-state index in [1.807, 2.05) is 7.05 Å². The molecule has 0 atom stereocenters. The van der Waals surface area contributed by atoms with Gasteiger partial charge in [0.25, 0.3) is 0 Å². The van der Waals surface area contributed by atoms with Crippen LogP contribution in [-0.4, -0.2) is 48.3 Å². The SMILES string of the molecule is CCc1nnc(N(C)CCN2CCCC2)c(C#N)c1CC. The molecule has 0 saturated carbocycles. The summed E-state index contributed by atoms with van der Waals surface area (Å²) in [6, 6.07) is 2.34. The molecule has 21 heavy (non-hydrogen) atoms. The van der Waals surface area contributed by atoms with Crippen LogP contribution < -0.4 is 4.90 Å². The Balaban J connectivity index is 2.16. The molecule has 1 saturated heterocycles. The number of likely N-dealkylation sites (N-methyl/N-ethyl adjacent to an activating group) is 1. The Kier molecular flexibility index (Phi) is 5.51. The smallest absolute Gasteiger partial charge is 0.169 e. The molecule has 0 radical (unpaired) electrons. The topological polar surface area (TPSA) is 56.1 Å². The van der Waals surface area contributed by atoms with Crippen LogP contribution in [0.5, 0.6) is 0 Å². The molecule has 1 aliphatic rings. The Bertz CT molecular complexity index is 514. The van der Waals surface area contributed by atoms with Crippen LogP contribution in [-0.2, 0) is 12.8 Å². The zero-order valence-electron chi connectivity index (χ0n) is 13.4. The second-order valence-corrected chi connectivity index (χ2v) is 5.61. The Hall–Kier alpha value is -1.67. The normalized spacial score (nSPS) is 15.1. The van der Waals surface area contributed by atoms with Gasteiger partial charge in [0.05, 0.1) is 5.69 Å². The number of nitriles is 1. The number of nitrogens with zero attached hydrogens (tertiary/aromatic N) is 5. The maximum Gasteiger partial charge on any atom is 0.169 e. The van der Waals surface area contributed by atoms with Crippen molar-refractivity contribution >= 4 is 5.82 Å². The van der Waals surface area contributed by atoms with Gasteiger partial charge in [0.1, 0.15) is 11.6 Å². The molecule has 0 bridgehead atoms. The van der Waals surface area contributed by atoms with Crippen LogP contribution in [0.15, 0.2) is 0 Å². The van der Waals surface area contributed by atoms with E-state index in [-0.39, 0.29) is 0 Å². The van der Waals surface area contributed by atoms with Crippen LogP contribution in [0.1, 0.15) is 43.5 Å². The van der Waals surface area contributed by atoms with Gasteiger partial charge in [-0.3, -0.25) is 0 Å². The van der Waals surface area contributed by atoms with Crippen molar-refractivity contribution in [2.24, 2.45) is 0 Å². The summed E-state index contributed by atoms with van der Waals surface area (Å²) in [6.45, 7) is 8.43. The van der Waals surface area contributed by atoms with Crippen LogP contribution in [0.25, 0.3) is 0 Å². The fourth-order valence-electron chi connectivity index (χ4n) is 2.95. The first-order valence-corrected chi connectivity index (χ1v) is 7.93. The molecule has 0 amide bonds. The average molecular weight is 287 g/mol. The first kappa shape index (κ1) is 15.7. The highest BCUT2D eigenvalue weighted by atomic mass is 15.3. The minimum Gasteiger partial charge on any atom is -0.356 e. The van der Waals surface area contributed by atoms with Crippen molar-refractivity contribution < 1.29 is 0 Å². The van der Waals surface area contributed by atoms with Crippen LogP contribution >= 0.6 is 0 Å². The largest absolute Gasteiger partial charge is 0.356 e. The molecule has 0 aliphatic carbocycles. The van der Waals surface area contributed by atoms with Crippen molar-refractivity contribution in [2.75, 3.05) is 38.1 Å². The lowest BCUT2D eigenvalue weighted by Gasteiger charge is -2.23. The van der Waals surface area contributed by atoms with Crippen molar-refractivity contribution in [3.05, 3.63) is 16.8 Å². The van der Waals surface area contributed by atoms with Crippen molar-refractivity contribution in [3.63, 3.8) is 0 Å². The van der Waals surface area contributed by atoms with Crippen LogP contribution in [0.4, 0.5) is 5.82 Å². The molecule has 2 heterocycles. The van der Waals surface area contributed by atoms with Gasteiger partial charge in [-0.1, -0.05) is 13.8 Å². The standard InChI is InChI=1S/C16H25N5/c1-4-13-14(12-17)16(19-18-15(13)5-2)20(3)10-11-21-8-6-7-9-21/h4-11H2,1-3H3. The number of aromatic nitrogens is 2. The summed E-state index contributed by atoms with van der Waals surface area (Å²) in [7, 11) is 2.01. The summed E-state index contributed by atoms with van der Waals surface area (Å²) in [4.78, 5) is 4.54. The third kappa shape index (κ3) is 3.51. The van der Waals surface area contributed by atoms with Gasteiger partial charge < -0.3 is 9.80 Å². The summed E-state index contributed by atoms with van der Waals surface area (Å²) < 4.78 is 0. The quantitative estimate of drug-likeness (QED) is 0.801. The molecule has 5 heteroatoms. The summed E-state index contributed by atoms with van der Waals surface area (Å²) in [5, 5.41) is 18.2. The molecular weight excluding hydrogens is 262 g/mol. The highest BCUT2D eigenvalue weighted by molar-refractivity contribution is 5.57. The first-order valence-electron chi connectivity index (χ1n) is 7.93. The predicted molar refractivity (Wildman–Crippen MR) is 84.4 cm³/mol. The van der Waals surface area contributed by atoms with E-state index in [4.69, 9.17) is 0 Å². The van der Waals surface area contributed by atoms with Gasteiger partial charge in [-0.15, -0.1) is 5.10 Å². The van der Waals surface area contributed by atoms with Gasteiger partial charge in [0.15, 0.2) is 5.82 Å². The Morgan fingerprint density at radius 3 is 2.48 bits per heavy atom. The van der Waals surface area contributed by atoms with E-state index in [0.29, 0.717) is 5.56 Å². The average Bonchev–Trinajstić information content (AvgIpc) is 3.04. The van der Waals surface area contributed by atoms with E-state index in [9.17, 15) is 5.26 Å². The summed E-state index contributed by atoms with van der Waals surface area (Å²) in [6.07, 6.45) is 4.26. The molecule has 0 spiro atoms. The maximum atomic E-state index is 9.52. The number of hydrogen-bond donors (Lipinski definition) is 0. The van der Waals surface area contributed by atoms with E-state index >= 15 is 0 Å². The van der Waals surface area contributed by atoms with Crippen molar-refractivity contribution in [1.82, 2.24) is 15.1 Å². The minimum absolute atomic E-state index is 0.702. The van der Waals surface area contributed by atoms with E-state index in [1.165, 1.54) is 25.9 Å². The highest BCUT2D eigenvalue weighted by Gasteiger charge is 2.18. The third-order valence-corrected chi connectivity index (χ3v) is 4.25. The van der Waals surface area contributed by atoms with Gasteiger partial charge in [-0.2, -0.15) is 10.4 Å². The van der Waals surface area contributed by atoms with E-state index in [2.05, 4.69) is 39.9 Å². The van der Waals surface area contributed by atoms with Crippen molar-refractivity contribution in [2.45, 2.75) is 39.5 Å². The van der Waals surface area contributed by atoms with E-state index in [0.717, 1.165) is 43.0 Å². The molecule has 1 aliphatic heterocycles. The fraction of sp³-hybridized carbons (Fsp3) is 0.688. The lowest BCUT2D eigenvalue weighted by atomic mass is 10.0. The van der Waals surface area contributed by atoms with E-state index < -0.39 is 0 Å². The molecule has 0 N–H and O–H groups in total. The Labute approximate surface area is 127 Å². The second-order valence-electron chi connectivity index (χ2n) is 5.61. The zero-order chi connectivity index (χ0) is 15.2. The fourth-order valence-corrected chi connectivity index (χ4v) is 2.95. The van der Waals surface area contributed by atoms with Gasteiger partial charge in [-0.25, -0.2) is 0 Å². The van der Waals surface area contributed by atoms with E-state index in [1.54, 1.807) is 0 Å². The number of likely N-dealkylation sites (tertiary alicyclic amines) is 1. The second kappa shape index (κ2) is 7.37. The van der Waals surface area contributed by atoms with Gasteiger partial charge in [-0.05, 0) is 44.3 Å².